The van der Waals surface area contributed by atoms with Gasteiger partial charge in [-0.15, -0.1) is 4.40 Å². The molecule has 0 fully saturated rings. The molecule has 2 aromatic rings. The molecule has 0 spiro atoms. The summed E-state index contributed by atoms with van der Waals surface area (Å²) < 4.78 is 68.4. The average molecular weight is 537 g/mol. The number of anilines is 2. The highest BCUT2D eigenvalue weighted by Gasteiger charge is 2.44. The van der Waals surface area contributed by atoms with E-state index in [1.807, 2.05) is 6.92 Å². The summed E-state index contributed by atoms with van der Waals surface area (Å²) in [4.78, 5) is 14.7. The van der Waals surface area contributed by atoms with Crippen molar-refractivity contribution in [1.82, 2.24) is 4.90 Å². The molecule has 0 saturated carbocycles. The number of hydrogen-bond donors (Lipinski definition) is 3. The molecule has 4 rings (SSSR count). The minimum absolute atomic E-state index is 0.0279. The van der Waals surface area contributed by atoms with Gasteiger partial charge in [0.1, 0.15) is 22.0 Å². The molecule has 2 aliphatic heterocycles. The highest BCUT2D eigenvalue weighted by atomic mass is 32.2. The van der Waals surface area contributed by atoms with Gasteiger partial charge in [-0.1, -0.05) is 26.0 Å². The van der Waals surface area contributed by atoms with Crippen LogP contribution in [0.2, 0.25) is 0 Å². The topological polar surface area (TPSA) is 145 Å². The van der Waals surface area contributed by atoms with Crippen LogP contribution in [0.4, 0.5) is 15.8 Å². The number of fused-ring (bicyclic) bond motifs is 1. The Bertz CT molecular complexity index is 1520. The fourth-order valence-corrected chi connectivity index (χ4v) is 5.81. The number of sulfonamides is 2. The van der Waals surface area contributed by atoms with Crippen LogP contribution in [0.25, 0.3) is 0 Å². The van der Waals surface area contributed by atoms with E-state index in [0.29, 0.717) is 12.0 Å². The van der Waals surface area contributed by atoms with Crippen molar-refractivity contribution in [2.75, 3.05) is 22.8 Å². The lowest BCUT2D eigenvalue weighted by Gasteiger charge is -2.40. The van der Waals surface area contributed by atoms with Gasteiger partial charge in [-0.25, -0.2) is 12.8 Å². The Morgan fingerprint density at radius 1 is 1.22 bits per heavy atom. The van der Waals surface area contributed by atoms with E-state index in [-0.39, 0.29) is 46.5 Å². The standard InChI is InChI=1S/C23H25FN4O6S2/c1-4-23(2)13-28(12-14-5-7-15(24)8-6-14)22(30)19(20(23)29)21-25-17-10-9-16(26-35(3,31)32)11-18(17)36(33,34)27-21/h5-11,26,29H,4,12-13H2,1-3H3,(H,25,27). The molecular formula is C23H25FN4O6S2. The minimum Gasteiger partial charge on any atom is -0.511 e. The molecule has 1 amide bonds. The fourth-order valence-electron chi connectivity index (χ4n) is 4.10. The number of rotatable bonds is 6. The van der Waals surface area contributed by atoms with Crippen LogP contribution in [0.15, 0.2) is 63.1 Å². The molecule has 192 valence electrons. The molecule has 13 heteroatoms. The van der Waals surface area contributed by atoms with Crippen molar-refractivity contribution in [3.63, 3.8) is 0 Å². The summed E-state index contributed by atoms with van der Waals surface area (Å²) in [5.74, 6) is -1.68. The Labute approximate surface area is 208 Å². The third-order valence-corrected chi connectivity index (χ3v) is 8.10. The van der Waals surface area contributed by atoms with Crippen molar-refractivity contribution in [2.24, 2.45) is 9.81 Å². The van der Waals surface area contributed by atoms with Gasteiger partial charge in [0.25, 0.3) is 15.9 Å². The number of nitrogens with one attached hydrogen (secondary N) is 2. The summed E-state index contributed by atoms with van der Waals surface area (Å²) in [5, 5.41) is 13.9. The second-order valence-electron chi connectivity index (χ2n) is 9.05. The zero-order valence-electron chi connectivity index (χ0n) is 19.7. The van der Waals surface area contributed by atoms with Crippen molar-refractivity contribution in [1.29, 1.82) is 0 Å². The number of carbonyl (C=O) groups excluding carboxylic acids is 1. The highest BCUT2D eigenvalue weighted by molar-refractivity contribution is 7.92. The molecule has 3 N–H and O–H groups in total. The molecule has 10 nitrogen and oxygen atoms in total. The number of hydrogen-bond acceptors (Lipinski definition) is 7. The Hall–Kier alpha value is -3.45. The normalized spacial score (nSPS) is 21.5. The molecule has 36 heavy (non-hydrogen) atoms. The van der Waals surface area contributed by atoms with E-state index < -0.39 is 37.2 Å². The molecule has 2 aliphatic rings. The number of aliphatic hydroxyl groups excluding tert-OH is 1. The van der Waals surface area contributed by atoms with Crippen molar-refractivity contribution < 1.29 is 31.1 Å². The third kappa shape index (κ3) is 4.93. The number of benzene rings is 2. The molecule has 0 radical (unpaired) electrons. The predicted octanol–water partition coefficient (Wildman–Crippen LogP) is 2.98. The van der Waals surface area contributed by atoms with Gasteiger partial charge in [-0.05, 0) is 42.3 Å². The van der Waals surface area contributed by atoms with Gasteiger partial charge in [-0.2, -0.15) is 8.42 Å². The van der Waals surface area contributed by atoms with Gasteiger partial charge in [-0.3, -0.25) is 9.52 Å². The van der Waals surface area contributed by atoms with Crippen molar-refractivity contribution in [2.45, 2.75) is 31.7 Å². The second kappa shape index (κ2) is 8.89. The van der Waals surface area contributed by atoms with Gasteiger partial charge in [0.05, 0.1) is 11.9 Å². The first-order valence-corrected chi connectivity index (χ1v) is 14.3. The lowest BCUT2D eigenvalue weighted by atomic mass is 9.79. The van der Waals surface area contributed by atoms with E-state index in [1.54, 1.807) is 19.1 Å². The SMILES string of the molecule is CCC1(C)CN(Cc2ccc(F)cc2)C(=O)C(C2=NS(=O)(=O)c3cc(NS(C)(=O)=O)ccc3N2)=C1O. The van der Waals surface area contributed by atoms with Crippen LogP contribution in [0.1, 0.15) is 25.8 Å². The largest absolute Gasteiger partial charge is 0.511 e. The van der Waals surface area contributed by atoms with Crippen LogP contribution < -0.4 is 10.0 Å². The maximum atomic E-state index is 13.5. The zero-order valence-corrected chi connectivity index (χ0v) is 21.4. The third-order valence-electron chi connectivity index (χ3n) is 6.18. The van der Waals surface area contributed by atoms with Gasteiger partial charge in [0.2, 0.25) is 10.0 Å². The lowest BCUT2D eigenvalue weighted by molar-refractivity contribution is -0.130. The molecule has 2 heterocycles. The van der Waals surface area contributed by atoms with Crippen LogP contribution >= 0.6 is 0 Å². The summed E-state index contributed by atoms with van der Waals surface area (Å²) in [6, 6.07) is 9.47. The molecule has 0 aromatic heterocycles. The van der Waals surface area contributed by atoms with Gasteiger partial charge >= 0.3 is 0 Å². The van der Waals surface area contributed by atoms with E-state index in [1.165, 1.54) is 29.2 Å². The van der Waals surface area contributed by atoms with E-state index in [9.17, 15) is 31.1 Å². The highest BCUT2D eigenvalue weighted by Crippen LogP contribution is 2.40. The van der Waals surface area contributed by atoms with E-state index in [0.717, 1.165) is 12.3 Å². The minimum atomic E-state index is -4.36. The van der Waals surface area contributed by atoms with Gasteiger partial charge in [0, 0.05) is 24.2 Å². The number of halogens is 1. The van der Waals surface area contributed by atoms with Crippen LogP contribution in [0.5, 0.6) is 0 Å². The summed E-state index contributed by atoms with van der Waals surface area (Å²) in [6.45, 7) is 3.86. The summed E-state index contributed by atoms with van der Waals surface area (Å²) in [7, 11) is -8.00. The van der Waals surface area contributed by atoms with Crippen molar-refractivity contribution in [3.05, 3.63) is 65.2 Å². The van der Waals surface area contributed by atoms with Crippen LogP contribution in [0.3, 0.4) is 0 Å². The molecule has 2 aromatic carbocycles. The van der Waals surface area contributed by atoms with Gasteiger partial charge < -0.3 is 15.3 Å². The Balaban J connectivity index is 1.75. The first-order valence-electron chi connectivity index (χ1n) is 10.9. The number of aliphatic hydroxyl groups is 1. The Morgan fingerprint density at radius 2 is 1.89 bits per heavy atom. The molecule has 1 atom stereocenters. The van der Waals surface area contributed by atoms with Crippen LogP contribution in [-0.2, 0) is 31.4 Å². The van der Waals surface area contributed by atoms with Crippen LogP contribution in [-0.4, -0.2) is 51.4 Å². The number of amidine groups is 1. The number of amides is 1. The predicted molar refractivity (Wildman–Crippen MR) is 133 cm³/mol. The van der Waals surface area contributed by atoms with Crippen LogP contribution in [0, 0.1) is 11.2 Å². The maximum Gasteiger partial charge on any atom is 0.286 e. The molecule has 0 bridgehead atoms. The lowest BCUT2D eigenvalue weighted by Crippen LogP contribution is -2.49. The summed E-state index contributed by atoms with van der Waals surface area (Å²) in [6.07, 6.45) is 1.37. The van der Waals surface area contributed by atoms with Gasteiger partial charge in [0.15, 0.2) is 5.84 Å². The second-order valence-corrected chi connectivity index (χ2v) is 12.4. The summed E-state index contributed by atoms with van der Waals surface area (Å²) >= 11 is 0. The fraction of sp³-hybridized carbons (Fsp3) is 0.304. The first kappa shape index (κ1) is 25.6. The molecule has 0 aliphatic carbocycles. The zero-order chi connectivity index (χ0) is 26.5. The smallest absolute Gasteiger partial charge is 0.286 e. The average Bonchev–Trinajstić information content (AvgIpc) is 2.78. The summed E-state index contributed by atoms with van der Waals surface area (Å²) in [5.41, 5.74) is -0.409. The first-order chi connectivity index (χ1) is 16.7. The molecule has 0 saturated heterocycles. The quantitative estimate of drug-likeness (QED) is 0.515. The van der Waals surface area contributed by atoms with E-state index in [4.69, 9.17) is 0 Å². The monoisotopic (exact) mass is 536 g/mol. The number of nitrogens with zero attached hydrogens (tertiary/aromatic N) is 2. The Morgan fingerprint density at radius 3 is 2.50 bits per heavy atom. The number of carbonyl (C=O) groups is 1. The van der Waals surface area contributed by atoms with E-state index >= 15 is 0 Å². The van der Waals surface area contributed by atoms with Crippen molar-refractivity contribution >= 4 is 43.2 Å². The molecular weight excluding hydrogens is 511 g/mol. The Kier molecular flexibility index (Phi) is 6.33. The van der Waals surface area contributed by atoms with E-state index in [2.05, 4.69) is 14.4 Å². The molecule has 1 unspecified atom stereocenters. The van der Waals surface area contributed by atoms with Crippen molar-refractivity contribution in [3.8, 4) is 0 Å². The maximum absolute atomic E-state index is 13.5.